The molecule has 2 aliphatic rings. The molecule has 4 heteroatoms. The predicted octanol–water partition coefficient (Wildman–Crippen LogP) is 2.23. The summed E-state index contributed by atoms with van der Waals surface area (Å²) in [5, 5.41) is 0. The summed E-state index contributed by atoms with van der Waals surface area (Å²) in [6.45, 7) is 8.07. The van der Waals surface area contributed by atoms with Crippen LogP contribution < -0.4 is 11.1 Å². The van der Waals surface area contributed by atoms with E-state index >= 15 is 0 Å². The molecule has 0 fully saturated rings. The van der Waals surface area contributed by atoms with Crippen LogP contribution in [0.1, 0.15) is 25.0 Å². The molecule has 0 atom stereocenters. The summed E-state index contributed by atoms with van der Waals surface area (Å²) in [7, 11) is 0. The van der Waals surface area contributed by atoms with E-state index in [4.69, 9.17) is 4.42 Å². The molecule has 0 amide bonds. The summed E-state index contributed by atoms with van der Waals surface area (Å²) in [5.74, 6) is 0.481. The fourth-order valence-electron chi connectivity index (χ4n) is 2.52. The van der Waals surface area contributed by atoms with Gasteiger partial charge in [-0.2, -0.15) is 0 Å². The van der Waals surface area contributed by atoms with Gasteiger partial charge in [-0.05, 0) is 24.0 Å². The van der Waals surface area contributed by atoms with E-state index in [0.717, 1.165) is 17.5 Å². The molecule has 0 radical (unpaired) electrons. The van der Waals surface area contributed by atoms with Gasteiger partial charge >= 0.3 is 11.1 Å². The summed E-state index contributed by atoms with van der Waals surface area (Å²) >= 11 is 0. The lowest BCUT2D eigenvalue weighted by Crippen LogP contribution is -2.26. The largest absolute Gasteiger partial charge is 0.437 e. The average molecular weight is 269 g/mol. The molecule has 1 aromatic rings. The van der Waals surface area contributed by atoms with Crippen molar-refractivity contribution < 1.29 is 4.42 Å². The Morgan fingerprint density at radius 1 is 1.25 bits per heavy atom. The second-order valence-corrected chi connectivity index (χ2v) is 5.36. The van der Waals surface area contributed by atoms with Crippen LogP contribution in [-0.2, 0) is 6.42 Å². The summed E-state index contributed by atoms with van der Waals surface area (Å²) in [5.41, 5.74) is 2.11. The summed E-state index contributed by atoms with van der Waals surface area (Å²) < 4.78 is 6.04. The third-order valence-corrected chi connectivity index (χ3v) is 3.41. The zero-order valence-electron chi connectivity index (χ0n) is 11.5. The highest BCUT2D eigenvalue weighted by Crippen LogP contribution is 2.21. The van der Waals surface area contributed by atoms with Crippen LogP contribution in [0.4, 0.5) is 0 Å². The average Bonchev–Trinajstić information content (AvgIpc) is 3.14. The Morgan fingerprint density at radius 3 is 2.45 bits per heavy atom. The van der Waals surface area contributed by atoms with Gasteiger partial charge in [0.1, 0.15) is 0 Å². The smallest absolute Gasteiger partial charge is 0.305 e. The lowest BCUT2D eigenvalue weighted by atomic mass is 9.96. The first-order chi connectivity index (χ1) is 9.54. The van der Waals surface area contributed by atoms with Crippen molar-refractivity contribution in [2.45, 2.75) is 20.3 Å². The quantitative estimate of drug-likeness (QED) is 0.730. The Kier molecular flexibility index (Phi) is 2.74. The van der Waals surface area contributed by atoms with Crippen LogP contribution in [0, 0.1) is 16.7 Å². The molecule has 0 aromatic heterocycles. The normalized spacial score (nSPS) is 11.8. The van der Waals surface area contributed by atoms with E-state index in [1.165, 1.54) is 4.57 Å². The molecule has 4 nitrogen and oxygen atoms in total. The zero-order valence-corrected chi connectivity index (χ0v) is 11.5. The van der Waals surface area contributed by atoms with Crippen molar-refractivity contribution in [1.82, 2.24) is 4.57 Å². The lowest BCUT2D eigenvalue weighted by Gasteiger charge is -2.13. The monoisotopic (exact) mass is 269 g/mol. The van der Waals surface area contributed by atoms with E-state index in [0.29, 0.717) is 11.6 Å². The van der Waals surface area contributed by atoms with Crippen molar-refractivity contribution >= 4 is 6.08 Å². The Morgan fingerprint density at radius 2 is 1.90 bits per heavy atom. The number of aromatic nitrogens is 1. The number of nitrogens with zero attached hydrogens (tertiary/aromatic N) is 1. The molecule has 2 heterocycles. The standard InChI is InChI=1S/C16H15NO3/c1-4-11-10(8-9(2)3)6-5-7-12(11)17-15(18)13-14(20-13)16(17)19/h4-7,9H,1,8H2,2-3H3. The second-order valence-electron chi connectivity index (χ2n) is 5.36. The van der Waals surface area contributed by atoms with Gasteiger partial charge in [0.15, 0.2) is 0 Å². The molecule has 102 valence electrons. The van der Waals surface area contributed by atoms with Gasteiger partial charge in [-0.15, -0.1) is 0 Å². The van der Waals surface area contributed by atoms with Gasteiger partial charge in [-0.1, -0.05) is 38.6 Å². The van der Waals surface area contributed by atoms with Crippen molar-refractivity contribution in [3.8, 4) is 5.69 Å². The Bertz CT molecular complexity index is 876. The molecular formula is C16H15NO3. The SMILES string of the molecule is C=Cc1c(CC(C)C)cccc1-n1c(=O)c2oc=2c1=O. The molecule has 3 rings (SSSR count). The molecule has 2 aliphatic heterocycles. The van der Waals surface area contributed by atoms with Crippen molar-refractivity contribution in [2.75, 3.05) is 0 Å². The zero-order chi connectivity index (χ0) is 14.4. The third-order valence-electron chi connectivity index (χ3n) is 3.41. The Labute approximate surface area is 115 Å². The molecule has 0 saturated carbocycles. The number of hydrogen-bond acceptors (Lipinski definition) is 3. The van der Waals surface area contributed by atoms with E-state index in [1.54, 1.807) is 12.1 Å². The molecule has 0 saturated heterocycles. The second kappa shape index (κ2) is 4.34. The Balaban J connectivity index is 2.25. The molecule has 1 aromatic carbocycles. The summed E-state index contributed by atoms with van der Waals surface area (Å²) in [6.07, 6.45) is 2.57. The van der Waals surface area contributed by atoms with Crippen LogP contribution in [0.3, 0.4) is 0 Å². The van der Waals surface area contributed by atoms with Gasteiger partial charge in [-0.25, -0.2) is 4.57 Å². The minimum Gasteiger partial charge on any atom is -0.437 e. The Hall–Kier alpha value is -2.36. The lowest BCUT2D eigenvalue weighted by molar-refractivity contribution is 0.605. The maximum atomic E-state index is 12.0. The molecule has 0 bridgehead atoms. The minimum absolute atomic E-state index is 0.180. The van der Waals surface area contributed by atoms with Crippen molar-refractivity contribution in [3.05, 3.63) is 67.4 Å². The van der Waals surface area contributed by atoms with Gasteiger partial charge in [-0.3, -0.25) is 9.59 Å². The van der Waals surface area contributed by atoms with Gasteiger partial charge in [0.05, 0.1) is 5.69 Å². The molecule has 0 unspecified atom stereocenters. The van der Waals surface area contributed by atoms with Crippen molar-refractivity contribution in [2.24, 2.45) is 5.92 Å². The van der Waals surface area contributed by atoms with Crippen molar-refractivity contribution in [1.29, 1.82) is 0 Å². The summed E-state index contributed by atoms with van der Waals surface area (Å²) in [6, 6.07) is 5.63. The van der Waals surface area contributed by atoms with Crippen LogP contribution in [0.25, 0.3) is 11.8 Å². The maximum Gasteiger partial charge on any atom is 0.305 e. The maximum absolute atomic E-state index is 12.0. The highest BCUT2D eigenvalue weighted by Gasteiger charge is 2.22. The molecule has 0 N–H and O–H groups in total. The van der Waals surface area contributed by atoms with Gasteiger partial charge in [0.25, 0.3) is 0 Å². The highest BCUT2D eigenvalue weighted by atomic mass is 16.4. The van der Waals surface area contributed by atoms with E-state index in [2.05, 4.69) is 20.4 Å². The number of rotatable bonds is 4. The highest BCUT2D eigenvalue weighted by molar-refractivity contribution is 5.63. The van der Waals surface area contributed by atoms with E-state index in [-0.39, 0.29) is 21.9 Å². The van der Waals surface area contributed by atoms with Crippen LogP contribution in [0.2, 0.25) is 0 Å². The van der Waals surface area contributed by atoms with E-state index in [1.807, 2.05) is 12.1 Å². The fourth-order valence-corrected chi connectivity index (χ4v) is 2.52. The fraction of sp³-hybridized carbons (Fsp3) is 0.250. The molecule has 0 aliphatic carbocycles. The van der Waals surface area contributed by atoms with Gasteiger partial charge < -0.3 is 4.42 Å². The van der Waals surface area contributed by atoms with Crippen LogP contribution in [0.5, 0.6) is 0 Å². The number of benzene rings is 1. The first-order valence-corrected chi connectivity index (χ1v) is 6.59. The number of hydrogen-bond donors (Lipinski definition) is 0. The van der Waals surface area contributed by atoms with Crippen LogP contribution in [0.15, 0.2) is 38.8 Å². The van der Waals surface area contributed by atoms with E-state index in [9.17, 15) is 9.59 Å². The van der Waals surface area contributed by atoms with E-state index < -0.39 is 0 Å². The molecular weight excluding hydrogens is 254 g/mol. The molecule has 20 heavy (non-hydrogen) atoms. The predicted molar refractivity (Wildman–Crippen MR) is 76.9 cm³/mol. The first-order valence-electron chi connectivity index (χ1n) is 6.59. The van der Waals surface area contributed by atoms with Gasteiger partial charge in [0, 0.05) is 5.56 Å². The third kappa shape index (κ3) is 1.76. The van der Waals surface area contributed by atoms with Crippen LogP contribution in [-0.4, -0.2) is 4.57 Å². The first kappa shape index (κ1) is 12.7. The van der Waals surface area contributed by atoms with Gasteiger partial charge in [0.2, 0.25) is 10.8 Å². The molecule has 0 spiro atoms. The van der Waals surface area contributed by atoms with Crippen LogP contribution >= 0.6 is 0 Å². The topological polar surface area (TPSA) is 52.2 Å². The summed E-state index contributed by atoms with van der Waals surface area (Å²) in [4.78, 5) is 24.1. The van der Waals surface area contributed by atoms with Crippen molar-refractivity contribution in [3.63, 3.8) is 0 Å². The minimum atomic E-state index is -0.380.